The lowest BCUT2D eigenvalue weighted by molar-refractivity contribution is 0.102. The monoisotopic (exact) mass is 289 g/mol. The number of nitrogens with one attached hydrogen (secondary N) is 1. The van der Waals surface area contributed by atoms with Crippen LogP contribution in [0.1, 0.15) is 10.4 Å². The van der Waals surface area contributed by atoms with Gasteiger partial charge in [-0.05, 0) is 30.3 Å². The Balaban J connectivity index is 2.28. The van der Waals surface area contributed by atoms with E-state index in [9.17, 15) is 4.79 Å². The van der Waals surface area contributed by atoms with Gasteiger partial charge < -0.3 is 16.0 Å². The molecule has 0 unspecified atom stereocenters. The van der Waals surface area contributed by atoms with Crippen molar-refractivity contribution in [1.82, 2.24) is 0 Å². The molecular formula is C15H16ClN3O. The summed E-state index contributed by atoms with van der Waals surface area (Å²) in [6.07, 6.45) is 0. The van der Waals surface area contributed by atoms with E-state index < -0.39 is 0 Å². The van der Waals surface area contributed by atoms with Gasteiger partial charge in [-0.1, -0.05) is 23.7 Å². The summed E-state index contributed by atoms with van der Waals surface area (Å²) >= 11 is 6.04. The topological polar surface area (TPSA) is 58.4 Å². The number of benzene rings is 2. The zero-order valence-corrected chi connectivity index (χ0v) is 12.1. The normalized spacial score (nSPS) is 10.2. The lowest BCUT2D eigenvalue weighted by Gasteiger charge is -2.18. The second-order valence-electron chi connectivity index (χ2n) is 4.60. The molecule has 2 aromatic rings. The van der Waals surface area contributed by atoms with Crippen LogP contribution in [-0.4, -0.2) is 20.0 Å². The van der Waals surface area contributed by atoms with E-state index in [1.165, 1.54) is 0 Å². The molecule has 104 valence electrons. The Morgan fingerprint density at radius 2 is 1.90 bits per heavy atom. The first-order chi connectivity index (χ1) is 9.49. The molecular weight excluding hydrogens is 274 g/mol. The first kappa shape index (κ1) is 14.2. The quantitative estimate of drug-likeness (QED) is 0.853. The van der Waals surface area contributed by atoms with Gasteiger partial charge in [0.2, 0.25) is 0 Å². The van der Waals surface area contributed by atoms with E-state index in [1.807, 2.05) is 43.3 Å². The van der Waals surface area contributed by atoms with Crippen LogP contribution in [0.4, 0.5) is 17.1 Å². The van der Waals surface area contributed by atoms with Crippen molar-refractivity contribution in [2.45, 2.75) is 0 Å². The Morgan fingerprint density at radius 1 is 1.20 bits per heavy atom. The van der Waals surface area contributed by atoms with Crippen LogP contribution in [0.15, 0.2) is 42.5 Å². The molecule has 0 radical (unpaired) electrons. The third kappa shape index (κ3) is 3.03. The number of hydrogen-bond acceptors (Lipinski definition) is 3. The lowest BCUT2D eigenvalue weighted by Crippen LogP contribution is -2.17. The standard InChI is InChI=1S/C15H16ClN3O/c1-19(2)14-6-4-3-5-13(14)18-15(20)11-8-7-10(17)9-12(11)16/h3-9H,17H2,1-2H3,(H,18,20). The predicted octanol–water partition coefficient (Wildman–Crippen LogP) is 3.24. The summed E-state index contributed by atoms with van der Waals surface area (Å²) in [6.45, 7) is 0. The molecule has 0 bridgehead atoms. The van der Waals surface area contributed by atoms with E-state index in [0.29, 0.717) is 16.3 Å². The summed E-state index contributed by atoms with van der Waals surface area (Å²) in [5.74, 6) is -0.260. The molecule has 2 rings (SSSR count). The van der Waals surface area contributed by atoms with Crippen molar-refractivity contribution in [1.29, 1.82) is 0 Å². The molecule has 3 N–H and O–H groups in total. The highest BCUT2D eigenvalue weighted by Gasteiger charge is 2.13. The highest BCUT2D eigenvalue weighted by atomic mass is 35.5. The fourth-order valence-corrected chi connectivity index (χ4v) is 2.15. The number of nitrogens with zero attached hydrogens (tertiary/aromatic N) is 1. The van der Waals surface area contributed by atoms with Crippen LogP contribution < -0.4 is 16.0 Å². The van der Waals surface area contributed by atoms with Crippen molar-refractivity contribution in [2.24, 2.45) is 0 Å². The van der Waals surface area contributed by atoms with E-state index in [0.717, 1.165) is 11.4 Å². The molecule has 0 saturated carbocycles. The van der Waals surface area contributed by atoms with Gasteiger partial charge in [-0.2, -0.15) is 0 Å². The maximum absolute atomic E-state index is 12.3. The zero-order valence-electron chi connectivity index (χ0n) is 11.4. The summed E-state index contributed by atoms with van der Waals surface area (Å²) < 4.78 is 0. The molecule has 0 atom stereocenters. The molecule has 0 aromatic heterocycles. The minimum absolute atomic E-state index is 0.260. The molecule has 0 fully saturated rings. The number of anilines is 3. The second kappa shape index (κ2) is 5.84. The van der Waals surface area contributed by atoms with E-state index in [2.05, 4.69) is 5.32 Å². The van der Waals surface area contributed by atoms with Gasteiger partial charge in [-0.3, -0.25) is 4.79 Å². The summed E-state index contributed by atoms with van der Waals surface area (Å²) in [5.41, 5.74) is 8.20. The largest absolute Gasteiger partial charge is 0.399 e. The van der Waals surface area contributed by atoms with Gasteiger partial charge in [0, 0.05) is 19.8 Å². The molecule has 2 aromatic carbocycles. The number of para-hydroxylation sites is 2. The fraction of sp³-hybridized carbons (Fsp3) is 0.133. The van der Waals surface area contributed by atoms with Crippen molar-refractivity contribution >= 4 is 34.6 Å². The summed E-state index contributed by atoms with van der Waals surface area (Å²) in [5, 5.41) is 3.20. The van der Waals surface area contributed by atoms with E-state index >= 15 is 0 Å². The molecule has 1 amide bonds. The summed E-state index contributed by atoms with van der Waals surface area (Å²) in [4.78, 5) is 14.2. The number of nitrogen functional groups attached to an aromatic ring is 1. The summed E-state index contributed by atoms with van der Waals surface area (Å²) in [6, 6.07) is 12.4. The molecule has 0 aliphatic heterocycles. The average molecular weight is 290 g/mol. The number of carbonyl (C=O) groups excluding carboxylic acids is 1. The van der Waals surface area contributed by atoms with Crippen LogP contribution in [0.2, 0.25) is 5.02 Å². The third-order valence-electron chi connectivity index (χ3n) is 2.87. The van der Waals surface area contributed by atoms with Crippen LogP contribution >= 0.6 is 11.6 Å². The third-order valence-corrected chi connectivity index (χ3v) is 3.18. The SMILES string of the molecule is CN(C)c1ccccc1NC(=O)c1ccc(N)cc1Cl. The molecule has 0 heterocycles. The Kier molecular flexibility index (Phi) is 4.15. The van der Waals surface area contributed by atoms with Gasteiger partial charge in [0.05, 0.1) is 22.0 Å². The maximum Gasteiger partial charge on any atom is 0.257 e. The zero-order chi connectivity index (χ0) is 14.7. The smallest absolute Gasteiger partial charge is 0.257 e. The highest BCUT2D eigenvalue weighted by Crippen LogP contribution is 2.26. The Hall–Kier alpha value is -2.20. The number of carbonyl (C=O) groups is 1. The Bertz CT molecular complexity index is 641. The first-order valence-corrected chi connectivity index (χ1v) is 6.49. The molecule has 0 saturated heterocycles. The van der Waals surface area contributed by atoms with Gasteiger partial charge in [0.25, 0.3) is 5.91 Å². The minimum Gasteiger partial charge on any atom is -0.399 e. The fourth-order valence-electron chi connectivity index (χ4n) is 1.87. The van der Waals surface area contributed by atoms with Gasteiger partial charge in [-0.25, -0.2) is 0 Å². The van der Waals surface area contributed by atoms with Crippen molar-refractivity contribution in [3.05, 3.63) is 53.1 Å². The highest BCUT2D eigenvalue weighted by molar-refractivity contribution is 6.34. The second-order valence-corrected chi connectivity index (χ2v) is 5.01. The number of hydrogen-bond donors (Lipinski definition) is 2. The Labute approximate surface area is 123 Å². The minimum atomic E-state index is -0.260. The Morgan fingerprint density at radius 3 is 2.55 bits per heavy atom. The lowest BCUT2D eigenvalue weighted by atomic mass is 10.1. The molecule has 20 heavy (non-hydrogen) atoms. The molecule has 0 aliphatic rings. The molecule has 4 nitrogen and oxygen atoms in total. The predicted molar refractivity (Wildman–Crippen MR) is 84.6 cm³/mol. The number of rotatable bonds is 3. The van der Waals surface area contributed by atoms with Crippen LogP contribution in [0.25, 0.3) is 0 Å². The van der Waals surface area contributed by atoms with E-state index in [1.54, 1.807) is 18.2 Å². The number of halogens is 1. The molecule has 5 heteroatoms. The van der Waals surface area contributed by atoms with Crippen LogP contribution in [0, 0.1) is 0 Å². The van der Waals surface area contributed by atoms with Crippen LogP contribution in [-0.2, 0) is 0 Å². The van der Waals surface area contributed by atoms with Crippen LogP contribution in [0.5, 0.6) is 0 Å². The molecule has 0 aliphatic carbocycles. The van der Waals surface area contributed by atoms with E-state index in [4.69, 9.17) is 17.3 Å². The molecule has 0 spiro atoms. The van der Waals surface area contributed by atoms with Crippen molar-refractivity contribution in [2.75, 3.05) is 30.0 Å². The number of nitrogens with two attached hydrogens (primary N) is 1. The average Bonchev–Trinajstić information content (AvgIpc) is 2.38. The van der Waals surface area contributed by atoms with Gasteiger partial charge in [0.1, 0.15) is 0 Å². The maximum atomic E-state index is 12.3. The first-order valence-electron chi connectivity index (χ1n) is 6.12. The van der Waals surface area contributed by atoms with Gasteiger partial charge in [0.15, 0.2) is 0 Å². The summed E-state index contributed by atoms with van der Waals surface area (Å²) in [7, 11) is 3.84. The van der Waals surface area contributed by atoms with Gasteiger partial charge >= 0.3 is 0 Å². The van der Waals surface area contributed by atoms with E-state index in [-0.39, 0.29) is 5.91 Å². The van der Waals surface area contributed by atoms with Gasteiger partial charge in [-0.15, -0.1) is 0 Å². The van der Waals surface area contributed by atoms with Crippen LogP contribution in [0.3, 0.4) is 0 Å². The van der Waals surface area contributed by atoms with Crippen molar-refractivity contribution < 1.29 is 4.79 Å². The van der Waals surface area contributed by atoms with Crippen molar-refractivity contribution in [3.63, 3.8) is 0 Å². The number of amides is 1. The van der Waals surface area contributed by atoms with Crippen molar-refractivity contribution in [3.8, 4) is 0 Å².